The molecule has 0 aliphatic carbocycles. The minimum absolute atomic E-state index is 0. The van der Waals surface area contributed by atoms with Crippen molar-refractivity contribution in [3.63, 3.8) is 0 Å². The highest BCUT2D eigenvalue weighted by Gasteiger charge is 2.01. The van der Waals surface area contributed by atoms with Crippen LogP contribution in [0, 0.1) is 0 Å². The standard InChI is InChI=1S/C16H27N3O2.HI/c1-19(2)16(17-10-7-11-21-13-12-20-3)18-14-15-8-5-4-6-9-15;/h4-6,8-9H,7,10-14H2,1-3H3,(H,17,18);1H. The molecule has 0 atom stereocenters. The number of ether oxygens (including phenoxy) is 2. The number of aliphatic imine (C=N–C) groups is 1. The minimum Gasteiger partial charge on any atom is -0.382 e. The molecule has 126 valence electrons. The summed E-state index contributed by atoms with van der Waals surface area (Å²) >= 11 is 0. The lowest BCUT2D eigenvalue weighted by molar-refractivity contribution is 0.0698. The molecule has 0 bridgehead atoms. The first-order valence-electron chi connectivity index (χ1n) is 7.30. The fraction of sp³-hybridized carbons (Fsp3) is 0.562. The molecule has 6 heteroatoms. The average molecular weight is 421 g/mol. The van der Waals surface area contributed by atoms with Crippen LogP contribution in [0.2, 0.25) is 0 Å². The zero-order valence-electron chi connectivity index (χ0n) is 13.7. The molecule has 22 heavy (non-hydrogen) atoms. The van der Waals surface area contributed by atoms with E-state index in [4.69, 9.17) is 9.47 Å². The average Bonchev–Trinajstić information content (AvgIpc) is 2.50. The largest absolute Gasteiger partial charge is 0.382 e. The molecular formula is C16H28IN3O2. The SMILES string of the molecule is COCCOCCCNC(=NCc1ccccc1)N(C)C.I. The van der Waals surface area contributed by atoms with Crippen molar-refractivity contribution < 1.29 is 9.47 Å². The summed E-state index contributed by atoms with van der Waals surface area (Å²) < 4.78 is 10.4. The predicted octanol–water partition coefficient (Wildman–Crippen LogP) is 2.36. The highest BCUT2D eigenvalue weighted by atomic mass is 127. The van der Waals surface area contributed by atoms with Crippen LogP contribution in [-0.2, 0) is 16.0 Å². The van der Waals surface area contributed by atoms with Crippen LogP contribution >= 0.6 is 24.0 Å². The molecule has 1 rings (SSSR count). The number of hydrogen-bond acceptors (Lipinski definition) is 3. The second-order valence-electron chi connectivity index (χ2n) is 4.91. The maximum Gasteiger partial charge on any atom is 0.193 e. The minimum atomic E-state index is 0. The number of guanidine groups is 1. The fourth-order valence-corrected chi connectivity index (χ4v) is 1.72. The number of hydrogen-bond donors (Lipinski definition) is 1. The van der Waals surface area contributed by atoms with Gasteiger partial charge < -0.3 is 19.7 Å². The molecule has 0 amide bonds. The van der Waals surface area contributed by atoms with Crippen LogP contribution in [0.25, 0.3) is 0 Å². The maximum atomic E-state index is 5.43. The molecule has 0 aliphatic heterocycles. The molecule has 1 aromatic rings. The summed E-state index contributed by atoms with van der Waals surface area (Å²) in [5.41, 5.74) is 1.21. The fourth-order valence-electron chi connectivity index (χ4n) is 1.72. The number of nitrogens with one attached hydrogen (secondary N) is 1. The van der Waals surface area contributed by atoms with Crippen molar-refractivity contribution in [2.24, 2.45) is 4.99 Å². The third kappa shape index (κ3) is 9.97. The van der Waals surface area contributed by atoms with Gasteiger partial charge in [0.2, 0.25) is 0 Å². The van der Waals surface area contributed by atoms with E-state index in [0.29, 0.717) is 19.8 Å². The Kier molecular flexibility index (Phi) is 13.2. The molecule has 0 saturated carbocycles. The monoisotopic (exact) mass is 421 g/mol. The van der Waals surface area contributed by atoms with Crippen LogP contribution < -0.4 is 5.32 Å². The second kappa shape index (κ2) is 13.8. The number of nitrogens with zero attached hydrogens (tertiary/aromatic N) is 2. The molecular weight excluding hydrogens is 393 g/mol. The van der Waals surface area contributed by atoms with E-state index in [-0.39, 0.29) is 24.0 Å². The van der Waals surface area contributed by atoms with Gasteiger partial charge in [-0.15, -0.1) is 24.0 Å². The van der Waals surface area contributed by atoms with Crippen molar-refractivity contribution in [3.8, 4) is 0 Å². The second-order valence-corrected chi connectivity index (χ2v) is 4.91. The summed E-state index contributed by atoms with van der Waals surface area (Å²) in [6, 6.07) is 10.2. The predicted molar refractivity (Wildman–Crippen MR) is 102 cm³/mol. The first-order valence-corrected chi connectivity index (χ1v) is 7.30. The Hall–Kier alpha value is -0.860. The Labute approximate surface area is 151 Å². The lowest BCUT2D eigenvalue weighted by Gasteiger charge is -2.17. The maximum absolute atomic E-state index is 5.43. The molecule has 5 nitrogen and oxygen atoms in total. The Balaban J connectivity index is 0.00000441. The van der Waals surface area contributed by atoms with Crippen molar-refractivity contribution in [3.05, 3.63) is 35.9 Å². The Morgan fingerprint density at radius 3 is 2.50 bits per heavy atom. The summed E-state index contributed by atoms with van der Waals surface area (Å²) in [7, 11) is 5.66. The molecule has 0 spiro atoms. The van der Waals surface area contributed by atoms with Gasteiger partial charge in [0.25, 0.3) is 0 Å². The van der Waals surface area contributed by atoms with Gasteiger partial charge in [-0.1, -0.05) is 30.3 Å². The number of benzene rings is 1. The first kappa shape index (κ1) is 21.1. The van der Waals surface area contributed by atoms with E-state index in [2.05, 4.69) is 22.4 Å². The van der Waals surface area contributed by atoms with E-state index in [1.807, 2.05) is 37.2 Å². The summed E-state index contributed by atoms with van der Waals surface area (Å²) in [5, 5.41) is 3.35. The van der Waals surface area contributed by atoms with Gasteiger partial charge in [0.15, 0.2) is 5.96 Å². The van der Waals surface area contributed by atoms with E-state index in [9.17, 15) is 0 Å². The van der Waals surface area contributed by atoms with E-state index in [0.717, 1.165) is 25.5 Å². The van der Waals surface area contributed by atoms with E-state index in [1.54, 1.807) is 7.11 Å². The van der Waals surface area contributed by atoms with Gasteiger partial charge in [0.05, 0.1) is 19.8 Å². The summed E-state index contributed by atoms with van der Waals surface area (Å²) in [6.07, 6.45) is 0.946. The molecule has 1 aromatic carbocycles. The molecule has 0 fully saturated rings. The molecule has 0 heterocycles. The van der Waals surface area contributed by atoms with Crippen LogP contribution in [0.15, 0.2) is 35.3 Å². The Bertz CT molecular complexity index is 400. The van der Waals surface area contributed by atoms with Crippen molar-refractivity contribution in [1.29, 1.82) is 0 Å². The molecule has 0 saturated heterocycles. The van der Waals surface area contributed by atoms with Crippen LogP contribution in [-0.4, -0.2) is 58.4 Å². The zero-order chi connectivity index (χ0) is 15.3. The third-order valence-electron chi connectivity index (χ3n) is 2.86. The van der Waals surface area contributed by atoms with Gasteiger partial charge >= 0.3 is 0 Å². The Morgan fingerprint density at radius 1 is 1.14 bits per heavy atom. The quantitative estimate of drug-likeness (QED) is 0.288. The van der Waals surface area contributed by atoms with E-state index < -0.39 is 0 Å². The zero-order valence-corrected chi connectivity index (χ0v) is 16.1. The van der Waals surface area contributed by atoms with E-state index in [1.165, 1.54) is 5.56 Å². The smallest absolute Gasteiger partial charge is 0.193 e. The number of methoxy groups -OCH3 is 1. The van der Waals surface area contributed by atoms with Gasteiger partial charge in [-0.2, -0.15) is 0 Å². The van der Waals surface area contributed by atoms with E-state index >= 15 is 0 Å². The third-order valence-corrected chi connectivity index (χ3v) is 2.86. The van der Waals surface area contributed by atoms with Crippen molar-refractivity contribution in [2.45, 2.75) is 13.0 Å². The van der Waals surface area contributed by atoms with Gasteiger partial charge in [-0.3, -0.25) is 0 Å². The summed E-state index contributed by atoms with van der Waals surface area (Å²) in [5.74, 6) is 0.899. The van der Waals surface area contributed by atoms with Crippen LogP contribution in [0.5, 0.6) is 0 Å². The highest BCUT2D eigenvalue weighted by Crippen LogP contribution is 2.00. The molecule has 0 aromatic heterocycles. The highest BCUT2D eigenvalue weighted by molar-refractivity contribution is 14.0. The van der Waals surface area contributed by atoms with Gasteiger partial charge in [-0.05, 0) is 12.0 Å². The van der Waals surface area contributed by atoms with Crippen LogP contribution in [0.3, 0.4) is 0 Å². The molecule has 1 N–H and O–H groups in total. The van der Waals surface area contributed by atoms with Gasteiger partial charge in [-0.25, -0.2) is 4.99 Å². The lowest BCUT2D eigenvalue weighted by atomic mass is 10.2. The van der Waals surface area contributed by atoms with Gasteiger partial charge in [0.1, 0.15) is 0 Å². The van der Waals surface area contributed by atoms with Crippen molar-refractivity contribution in [2.75, 3.05) is 47.6 Å². The van der Waals surface area contributed by atoms with Crippen molar-refractivity contribution in [1.82, 2.24) is 10.2 Å². The Morgan fingerprint density at radius 2 is 1.86 bits per heavy atom. The van der Waals surface area contributed by atoms with Crippen molar-refractivity contribution >= 4 is 29.9 Å². The summed E-state index contributed by atoms with van der Waals surface area (Å²) in [6.45, 7) is 3.56. The molecule has 0 aliphatic rings. The van der Waals surface area contributed by atoms with Crippen LogP contribution in [0.1, 0.15) is 12.0 Å². The van der Waals surface area contributed by atoms with Gasteiger partial charge in [0, 0.05) is 34.4 Å². The number of rotatable bonds is 9. The molecule has 0 unspecified atom stereocenters. The molecule has 0 radical (unpaired) electrons. The summed E-state index contributed by atoms with van der Waals surface area (Å²) in [4.78, 5) is 6.61. The normalized spacial score (nSPS) is 11.0. The van der Waals surface area contributed by atoms with Crippen LogP contribution in [0.4, 0.5) is 0 Å². The first-order chi connectivity index (χ1) is 10.2. The lowest BCUT2D eigenvalue weighted by Crippen LogP contribution is -2.37. The topological polar surface area (TPSA) is 46.1 Å². The number of halogens is 1.